The third-order valence-electron chi connectivity index (χ3n) is 3.86. The van der Waals surface area contributed by atoms with E-state index >= 15 is 0 Å². The number of halogens is 1. The number of rotatable bonds is 5. The number of carbonyl (C=O) groups is 1. The molecule has 26 heavy (non-hydrogen) atoms. The molecule has 5 nitrogen and oxygen atoms in total. The minimum atomic E-state index is -0.379. The molecule has 0 spiro atoms. The van der Waals surface area contributed by atoms with E-state index in [1.807, 2.05) is 24.3 Å². The second-order valence-corrected chi connectivity index (χ2v) is 5.69. The molecular weight excluding hydrogens is 335 g/mol. The van der Waals surface area contributed by atoms with E-state index in [9.17, 15) is 14.0 Å². The highest BCUT2D eigenvalue weighted by atomic mass is 19.1. The molecular formula is C20H17FN2O3. The van der Waals surface area contributed by atoms with E-state index in [-0.39, 0.29) is 17.3 Å². The van der Waals surface area contributed by atoms with Gasteiger partial charge in [0.15, 0.2) is 0 Å². The Morgan fingerprint density at radius 2 is 1.73 bits per heavy atom. The zero-order valence-electron chi connectivity index (χ0n) is 14.1. The van der Waals surface area contributed by atoms with Crippen molar-refractivity contribution in [1.82, 2.24) is 4.57 Å². The van der Waals surface area contributed by atoms with Gasteiger partial charge in [-0.25, -0.2) is 4.39 Å². The van der Waals surface area contributed by atoms with Gasteiger partial charge < -0.3 is 14.6 Å². The number of benzene rings is 2. The first-order valence-electron chi connectivity index (χ1n) is 7.95. The zero-order chi connectivity index (χ0) is 18.5. The summed E-state index contributed by atoms with van der Waals surface area (Å²) in [6.45, 7) is 0.334. The van der Waals surface area contributed by atoms with Gasteiger partial charge in [0.2, 0.25) is 0 Å². The van der Waals surface area contributed by atoms with Crippen LogP contribution in [-0.2, 0) is 6.54 Å². The molecule has 0 fully saturated rings. The van der Waals surface area contributed by atoms with Crippen molar-refractivity contribution in [3.63, 3.8) is 0 Å². The van der Waals surface area contributed by atoms with Gasteiger partial charge >= 0.3 is 0 Å². The third kappa shape index (κ3) is 4.16. The van der Waals surface area contributed by atoms with Gasteiger partial charge in [-0.05, 0) is 48.0 Å². The molecule has 0 saturated carbocycles. The summed E-state index contributed by atoms with van der Waals surface area (Å²) in [6.07, 6.45) is 1.51. The summed E-state index contributed by atoms with van der Waals surface area (Å²) in [5, 5.41) is 2.67. The fourth-order valence-corrected chi connectivity index (χ4v) is 2.45. The van der Waals surface area contributed by atoms with Gasteiger partial charge in [-0.2, -0.15) is 0 Å². The molecule has 3 aromatic rings. The Labute approximate surface area is 149 Å². The van der Waals surface area contributed by atoms with E-state index in [4.69, 9.17) is 4.74 Å². The van der Waals surface area contributed by atoms with Gasteiger partial charge in [0.25, 0.3) is 11.5 Å². The average molecular weight is 352 g/mol. The van der Waals surface area contributed by atoms with Crippen LogP contribution in [0.2, 0.25) is 0 Å². The number of hydrogen-bond acceptors (Lipinski definition) is 3. The zero-order valence-corrected chi connectivity index (χ0v) is 14.1. The van der Waals surface area contributed by atoms with Crippen molar-refractivity contribution in [1.29, 1.82) is 0 Å². The SMILES string of the molecule is COc1ccc(Cn2cc(C(=O)Nc3ccc(F)cc3)ccc2=O)cc1. The number of methoxy groups -OCH3 is 1. The topological polar surface area (TPSA) is 60.3 Å². The van der Waals surface area contributed by atoms with Gasteiger partial charge in [-0.3, -0.25) is 9.59 Å². The van der Waals surface area contributed by atoms with Gasteiger partial charge in [-0.1, -0.05) is 12.1 Å². The Morgan fingerprint density at radius 3 is 2.38 bits per heavy atom. The largest absolute Gasteiger partial charge is 0.497 e. The second kappa shape index (κ2) is 7.65. The van der Waals surface area contributed by atoms with Crippen LogP contribution in [0.3, 0.4) is 0 Å². The van der Waals surface area contributed by atoms with E-state index < -0.39 is 0 Å². The summed E-state index contributed by atoms with van der Waals surface area (Å²) in [4.78, 5) is 24.4. The van der Waals surface area contributed by atoms with Crippen LogP contribution < -0.4 is 15.6 Å². The predicted molar refractivity (Wildman–Crippen MR) is 97.2 cm³/mol. The van der Waals surface area contributed by atoms with Crippen LogP contribution in [0.5, 0.6) is 5.75 Å². The van der Waals surface area contributed by atoms with Crippen molar-refractivity contribution < 1.29 is 13.9 Å². The van der Waals surface area contributed by atoms with Crippen molar-refractivity contribution in [3.8, 4) is 5.75 Å². The predicted octanol–water partition coefficient (Wildman–Crippen LogP) is 3.30. The van der Waals surface area contributed by atoms with Crippen molar-refractivity contribution >= 4 is 11.6 Å². The van der Waals surface area contributed by atoms with Crippen molar-refractivity contribution in [2.24, 2.45) is 0 Å². The number of hydrogen-bond donors (Lipinski definition) is 1. The number of carbonyl (C=O) groups excluding carboxylic acids is 1. The highest BCUT2D eigenvalue weighted by Gasteiger charge is 2.09. The molecule has 1 N–H and O–H groups in total. The van der Waals surface area contributed by atoms with Crippen molar-refractivity contribution in [3.05, 3.63) is 94.2 Å². The van der Waals surface area contributed by atoms with Gasteiger partial charge in [0.05, 0.1) is 19.2 Å². The molecule has 0 aliphatic heterocycles. The molecule has 132 valence electrons. The number of aromatic nitrogens is 1. The number of ether oxygens (including phenoxy) is 1. The van der Waals surface area contributed by atoms with Crippen LogP contribution in [0.1, 0.15) is 15.9 Å². The standard InChI is InChI=1S/C20H17FN2O3/c1-26-18-9-2-14(3-10-18)12-23-13-15(4-11-19(23)24)20(25)22-17-7-5-16(21)6-8-17/h2-11,13H,12H2,1H3,(H,22,25). The molecule has 0 aliphatic rings. The fourth-order valence-electron chi connectivity index (χ4n) is 2.45. The van der Waals surface area contributed by atoms with Gasteiger partial charge in [-0.15, -0.1) is 0 Å². The molecule has 0 unspecified atom stereocenters. The molecule has 6 heteroatoms. The van der Waals surface area contributed by atoms with Crippen molar-refractivity contribution in [2.75, 3.05) is 12.4 Å². The molecule has 0 aliphatic carbocycles. The lowest BCUT2D eigenvalue weighted by atomic mass is 10.2. The van der Waals surface area contributed by atoms with E-state index in [1.54, 1.807) is 7.11 Å². The highest BCUT2D eigenvalue weighted by Crippen LogP contribution is 2.13. The molecule has 1 heterocycles. The van der Waals surface area contributed by atoms with E-state index in [0.717, 1.165) is 11.3 Å². The smallest absolute Gasteiger partial charge is 0.257 e. The number of amides is 1. The number of anilines is 1. The Balaban J connectivity index is 1.78. The minimum Gasteiger partial charge on any atom is -0.497 e. The summed E-state index contributed by atoms with van der Waals surface area (Å²) >= 11 is 0. The molecule has 0 atom stereocenters. The van der Waals surface area contributed by atoms with Crippen LogP contribution in [0, 0.1) is 5.82 Å². The Bertz CT molecular complexity index is 964. The lowest BCUT2D eigenvalue weighted by Crippen LogP contribution is -2.22. The van der Waals surface area contributed by atoms with Gasteiger partial charge in [0, 0.05) is 18.0 Å². The molecule has 2 aromatic carbocycles. The maximum atomic E-state index is 12.9. The van der Waals surface area contributed by atoms with Crippen LogP contribution in [0.15, 0.2) is 71.7 Å². The van der Waals surface area contributed by atoms with E-state index in [2.05, 4.69) is 5.32 Å². The summed E-state index contributed by atoms with van der Waals surface area (Å²) in [5.41, 5.74) is 1.51. The molecule has 1 aromatic heterocycles. The third-order valence-corrected chi connectivity index (χ3v) is 3.86. The number of nitrogens with one attached hydrogen (secondary N) is 1. The molecule has 0 radical (unpaired) electrons. The maximum absolute atomic E-state index is 12.9. The van der Waals surface area contributed by atoms with E-state index in [0.29, 0.717) is 17.8 Å². The summed E-state index contributed by atoms with van der Waals surface area (Å²) < 4.78 is 19.5. The minimum absolute atomic E-state index is 0.209. The number of nitrogens with zero attached hydrogens (tertiary/aromatic N) is 1. The normalized spacial score (nSPS) is 10.4. The van der Waals surface area contributed by atoms with Gasteiger partial charge in [0.1, 0.15) is 11.6 Å². The van der Waals surface area contributed by atoms with E-state index in [1.165, 1.54) is 47.2 Å². The molecule has 3 rings (SSSR count). The summed E-state index contributed by atoms with van der Waals surface area (Å²) in [6, 6.07) is 15.6. The fraction of sp³-hybridized carbons (Fsp3) is 0.100. The first-order valence-corrected chi connectivity index (χ1v) is 7.95. The maximum Gasteiger partial charge on any atom is 0.257 e. The highest BCUT2D eigenvalue weighted by molar-refractivity contribution is 6.04. The Morgan fingerprint density at radius 1 is 1.04 bits per heavy atom. The lowest BCUT2D eigenvalue weighted by Gasteiger charge is -2.10. The quantitative estimate of drug-likeness (QED) is 0.766. The lowest BCUT2D eigenvalue weighted by molar-refractivity contribution is 0.102. The first kappa shape index (κ1) is 17.4. The van der Waals surface area contributed by atoms with Crippen LogP contribution >= 0.6 is 0 Å². The molecule has 0 saturated heterocycles. The molecule has 0 bridgehead atoms. The summed E-state index contributed by atoms with van der Waals surface area (Å²) in [5.74, 6) is -0.0235. The Hall–Kier alpha value is -3.41. The van der Waals surface area contributed by atoms with Crippen LogP contribution in [-0.4, -0.2) is 17.6 Å². The Kier molecular flexibility index (Phi) is 5.12. The number of pyridine rings is 1. The van der Waals surface area contributed by atoms with Crippen LogP contribution in [0.4, 0.5) is 10.1 Å². The first-order chi connectivity index (χ1) is 12.5. The summed E-state index contributed by atoms with van der Waals surface area (Å²) in [7, 11) is 1.59. The second-order valence-electron chi connectivity index (χ2n) is 5.69. The van der Waals surface area contributed by atoms with Crippen molar-refractivity contribution in [2.45, 2.75) is 6.54 Å². The molecule has 1 amide bonds. The monoisotopic (exact) mass is 352 g/mol. The average Bonchev–Trinajstić information content (AvgIpc) is 2.66. The van der Waals surface area contributed by atoms with Crippen LogP contribution in [0.25, 0.3) is 0 Å².